The molecule has 2 saturated heterocycles. The van der Waals surface area contributed by atoms with Gasteiger partial charge < -0.3 is 15.5 Å². The molecule has 176 valence electrons. The highest BCUT2D eigenvalue weighted by molar-refractivity contribution is 5.99. The summed E-state index contributed by atoms with van der Waals surface area (Å²) < 4.78 is 42.2. The van der Waals surface area contributed by atoms with Gasteiger partial charge in [0.05, 0.1) is 17.4 Å². The van der Waals surface area contributed by atoms with E-state index in [1.165, 1.54) is 17.0 Å². The first-order valence-corrected chi connectivity index (χ1v) is 10.7. The van der Waals surface area contributed by atoms with Crippen molar-refractivity contribution in [3.8, 4) is 5.69 Å². The van der Waals surface area contributed by atoms with Gasteiger partial charge in [-0.1, -0.05) is 38.5 Å². The Morgan fingerprint density at radius 3 is 2.61 bits per heavy atom. The summed E-state index contributed by atoms with van der Waals surface area (Å²) in [7, 11) is 0. The summed E-state index contributed by atoms with van der Waals surface area (Å²) in [6.45, 7) is 3.84. The lowest BCUT2D eigenvalue weighted by atomic mass is 9.95. The van der Waals surface area contributed by atoms with E-state index in [1.807, 2.05) is 13.8 Å². The zero-order valence-electron chi connectivity index (χ0n) is 18.1. The molecule has 2 aliphatic heterocycles. The third-order valence-corrected chi connectivity index (χ3v) is 6.28. The topological polar surface area (TPSA) is 96.3 Å². The Balaban J connectivity index is 1.55. The summed E-state index contributed by atoms with van der Waals surface area (Å²) in [5, 5.41) is 9.09. The van der Waals surface area contributed by atoms with Crippen LogP contribution in [0.25, 0.3) is 5.69 Å². The minimum absolute atomic E-state index is 0.0593. The fourth-order valence-corrected chi connectivity index (χ4v) is 4.36. The normalized spacial score (nSPS) is 23.8. The van der Waals surface area contributed by atoms with Gasteiger partial charge in [-0.2, -0.15) is 18.3 Å². The van der Waals surface area contributed by atoms with Gasteiger partial charge in [0.25, 0.3) is 5.91 Å². The molecule has 0 bridgehead atoms. The Hall–Kier alpha value is -3.37. The van der Waals surface area contributed by atoms with Crippen molar-refractivity contribution in [2.75, 3.05) is 6.54 Å². The molecule has 0 unspecified atom stereocenters. The standard InChI is InChI=1S/C22H24F3N5O3/c1-3-12(2)17-21(33)29-11-13(9-16(29)20(32)28-17)27-19(31)15-10-26-30(18(15)22(23,24)25)14-7-5-4-6-8-14/h4-8,10,12-13,16-17H,3,9,11H2,1-2H3,(H,27,31)(H,28,32)/t12-,13-,16-,17-/m0/s1. The second kappa shape index (κ2) is 8.53. The van der Waals surface area contributed by atoms with Crippen LogP contribution in [-0.2, 0) is 15.8 Å². The molecule has 33 heavy (non-hydrogen) atoms. The summed E-state index contributed by atoms with van der Waals surface area (Å²) in [6.07, 6.45) is -3.12. The predicted octanol–water partition coefficient (Wildman–Crippen LogP) is 2.13. The molecule has 2 aromatic rings. The molecule has 1 aromatic heterocycles. The van der Waals surface area contributed by atoms with Gasteiger partial charge in [-0.05, 0) is 24.5 Å². The zero-order chi connectivity index (χ0) is 23.9. The van der Waals surface area contributed by atoms with Gasteiger partial charge in [-0.25, -0.2) is 4.68 Å². The molecule has 3 heterocycles. The van der Waals surface area contributed by atoms with Crippen LogP contribution in [0.1, 0.15) is 42.7 Å². The Labute approximate surface area is 188 Å². The van der Waals surface area contributed by atoms with Gasteiger partial charge >= 0.3 is 6.18 Å². The molecular weight excluding hydrogens is 439 g/mol. The second-order valence-electron chi connectivity index (χ2n) is 8.44. The van der Waals surface area contributed by atoms with E-state index in [0.29, 0.717) is 11.1 Å². The van der Waals surface area contributed by atoms with Crippen LogP contribution in [0, 0.1) is 5.92 Å². The first-order chi connectivity index (χ1) is 15.6. The smallest absolute Gasteiger partial charge is 0.347 e. The molecule has 0 spiro atoms. The van der Waals surface area contributed by atoms with Crippen molar-refractivity contribution in [2.45, 2.75) is 51.0 Å². The zero-order valence-corrected chi connectivity index (χ0v) is 18.1. The van der Waals surface area contributed by atoms with E-state index in [0.717, 1.165) is 6.20 Å². The van der Waals surface area contributed by atoms with Crippen molar-refractivity contribution in [3.05, 3.63) is 47.8 Å². The number of carbonyl (C=O) groups is 3. The minimum atomic E-state index is -4.83. The number of alkyl halides is 3. The third-order valence-electron chi connectivity index (χ3n) is 6.28. The van der Waals surface area contributed by atoms with E-state index < -0.39 is 41.5 Å². The van der Waals surface area contributed by atoms with Crippen LogP contribution < -0.4 is 10.6 Å². The number of amides is 3. The summed E-state index contributed by atoms with van der Waals surface area (Å²) in [5.74, 6) is -1.57. The maximum atomic E-state index is 13.9. The molecule has 8 nitrogen and oxygen atoms in total. The molecule has 3 amide bonds. The number of rotatable bonds is 5. The molecule has 0 aliphatic carbocycles. The average molecular weight is 463 g/mol. The maximum absolute atomic E-state index is 13.9. The number of aromatic nitrogens is 2. The van der Waals surface area contributed by atoms with Gasteiger partial charge in [-0.3, -0.25) is 14.4 Å². The van der Waals surface area contributed by atoms with Gasteiger partial charge in [0.2, 0.25) is 11.8 Å². The highest BCUT2D eigenvalue weighted by atomic mass is 19.4. The lowest BCUT2D eigenvalue weighted by molar-refractivity contribution is -0.148. The number of benzene rings is 1. The number of piperazine rings is 1. The van der Waals surface area contributed by atoms with Crippen LogP contribution >= 0.6 is 0 Å². The van der Waals surface area contributed by atoms with E-state index in [-0.39, 0.29) is 36.4 Å². The maximum Gasteiger partial charge on any atom is 0.434 e. The summed E-state index contributed by atoms with van der Waals surface area (Å²) in [5.41, 5.74) is -1.64. The molecule has 4 rings (SSSR count). The van der Waals surface area contributed by atoms with E-state index in [4.69, 9.17) is 0 Å². The quantitative estimate of drug-likeness (QED) is 0.710. The van der Waals surface area contributed by atoms with Crippen LogP contribution in [0.3, 0.4) is 0 Å². The van der Waals surface area contributed by atoms with Crippen LogP contribution in [0.15, 0.2) is 36.5 Å². The van der Waals surface area contributed by atoms with Crippen molar-refractivity contribution in [1.29, 1.82) is 0 Å². The lowest BCUT2D eigenvalue weighted by Gasteiger charge is -2.36. The molecule has 4 atom stereocenters. The number of carbonyl (C=O) groups excluding carboxylic acids is 3. The van der Waals surface area contributed by atoms with Crippen LogP contribution in [0.5, 0.6) is 0 Å². The van der Waals surface area contributed by atoms with Gasteiger partial charge in [0, 0.05) is 12.6 Å². The molecule has 0 radical (unpaired) electrons. The summed E-state index contributed by atoms with van der Waals surface area (Å²) in [4.78, 5) is 39.6. The Morgan fingerprint density at radius 2 is 1.97 bits per heavy atom. The van der Waals surface area contributed by atoms with E-state index >= 15 is 0 Å². The number of fused-ring (bicyclic) bond motifs is 1. The van der Waals surface area contributed by atoms with Gasteiger partial charge in [0.1, 0.15) is 12.1 Å². The first-order valence-electron chi connectivity index (χ1n) is 10.7. The number of halogens is 3. The largest absolute Gasteiger partial charge is 0.434 e. The van der Waals surface area contributed by atoms with Crippen molar-refractivity contribution < 1.29 is 27.6 Å². The fourth-order valence-electron chi connectivity index (χ4n) is 4.36. The number of hydrogen-bond acceptors (Lipinski definition) is 4. The highest BCUT2D eigenvalue weighted by Crippen LogP contribution is 2.34. The monoisotopic (exact) mass is 463 g/mol. The van der Waals surface area contributed by atoms with Crippen molar-refractivity contribution in [3.63, 3.8) is 0 Å². The Bertz CT molecular complexity index is 1070. The molecule has 0 saturated carbocycles. The SMILES string of the molecule is CC[C@H](C)[C@@H]1NC(=O)[C@@H]2C[C@H](NC(=O)c3cnn(-c4ccccc4)c3C(F)(F)F)CN2C1=O. The van der Waals surface area contributed by atoms with Crippen molar-refractivity contribution in [1.82, 2.24) is 25.3 Å². The van der Waals surface area contributed by atoms with E-state index in [1.54, 1.807) is 18.2 Å². The highest BCUT2D eigenvalue weighted by Gasteiger charge is 2.48. The lowest BCUT2D eigenvalue weighted by Crippen LogP contribution is -2.62. The van der Waals surface area contributed by atoms with Crippen LogP contribution in [-0.4, -0.2) is 57.1 Å². The van der Waals surface area contributed by atoms with E-state index in [9.17, 15) is 27.6 Å². The molecule has 2 aliphatic rings. The third kappa shape index (κ3) is 4.19. The average Bonchev–Trinajstić information content (AvgIpc) is 3.41. The Morgan fingerprint density at radius 1 is 1.27 bits per heavy atom. The number of para-hydroxylation sites is 1. The number of nitrogens with one attached hydrogen (secondary N) is 2. The van der Waals surface area contributed by atoms with Gasteiger partial charge in [0.15, 0.2) is 5.69 Å². The van der Waals surface area contributed by atoms with Crippen LogP contribution in [0.4, 0.5) is 13.2 Å². The molecular formula is C22H24F3N5O3. The molecule has 1 aromatic carbocycles. The first kappa shape index (κ1) is 22.8. The van der Waals surface area contributed by atoms with Crippen molar-refractivity contribution >= 4 is 17.7 Å². The second-order valence-corrected chi connectivity index (χ2v) is 8.44. The van der Waals surface area contributed by atoms with E-state index in [2.05, 4.69) is 15.7 Å². The summed E-state index contributed by atoms with van der Waals surface area (Å²) >= 11 is 0. The predicted molar refractivity (Wildman–Crippen MR) is 111 cm³/mol. The summed E-state index contributed by atoms with van der Waals surface area (Å²) in [6, 6.07) is 5.65. The Kier molecular flexibility index (Phi) is 5.89. The molecule has 2 fully saturated rings. The number of nitrogens with zero attached hydrogens (tertiary/aromatic N) is 3. The minimum Gasteiger partial charge on any atom is -0.347 e. The fraction of sp³-hybridized carbons (Fsp3) is 0.455. The molecule has 11 heteroatoms. The van der Waals surface area contributed by atoms with Crippen molar-refractivity contribution in [2.24, 2.45) is 5.92 Å². The number of hydrogen-bond donors (Lipinski definition) is 2. The molecule has 2 N–H and O–H groups in total. The van der Waals surface area contributed by atoms with Crippen LogP contribution in [0.2, 0.25) is 0 Å². The van der Waals surface area contributed by atoms with Gasteiger partial charge in [-0.15, -0.1) is 0 Å².